The van der Waals surface area contributed by atoms with Gasteiger partial charge in [-0.2, -0.15) is 5.10 Å². The van der Waals surface area contributed by atoms with Crippen molar-refractivity contribution in [1.29, 1.82) is 0 Å². The van der Waals surface area contributed by atoms with Crippen LogP contribution in [0.25, 0.3) is 0 Å². The summed E-state index contributed by atoms with van der Waals surface area (Å²) in [5, 5.41) is 6.19. The molecule has 0 saturated heterocycles. The Kier molecular flexibility index (Phi) is 5.40. The first kappa shape index (κ1) is 12.8. The summed E-state index contributed by atoms with van der Waals surface area (Å²) >= 11 is 9.60. The largest absolute Gasteiger partial charge is 0.271 e. The third kappa shape index (κ3) is 3.35. The second kappa shape index (κ2) is 6.33. The SMILES string of the molecule is CCc1nn(C)c(CC=CCCBr)c1Cl. The Morgan fingerprint density at radius 2 is 2.20 bits per heavy atom. The van der Waals surface area contributed by atoms with Gasteiger partial charge in [0.1, 0.15) is 0 Å². The van der Waals surface area contributed by atoms with Crippen LogP contribution >= 0.6 is 27.5 Å². The second-order valence-corrected chi connectivity index (χ2v) is 4.51. The van der Waals surface area contributed by atoms with Gasteiger partial charge in [0.25, 0.3) is 0 Å². The van der Waals surface area contributed by atoms with Gasteiger partial charge in [0.05, 0.1) is 16.4 Å². The van der Waals surface area contributed by atoms with E-state index in [1.807, 2.05) is 11.7 Å². The van der Waals surface area contributed by atoms with Crippen molar-refractivity contribution in [3.63, 3.8) is 0 Å². The molecule has 2 nitrogen and oxygen atoms in total. The van der Waals surface area contributed by atoms with Crippen LogP contribution in [0.4, 0.5) is 0 Å². The number of hydrogen-bond acceptors (Lipinski definition) is 1. The van der Waals surface area contributed by atoms with Crippen molar-refractivity contribution < 1.29 is 0 Å². The highest BCUT2D eigenvalue weighted by Crippen LogP contribution is 2.21. The van der Waals surface area contributed by atoms with Crippen LogP contribution in [0.5, 0.6) is 0 Å². The van der Waals surface area contributed by atoms with E-state index in [9.17, 15) is 0 Å². The van der Waals surface area contributed by atoms with E-state index in [4.69, 9.17) is 11.6 Å². The molecule has 0 aromatic carbocycles. The van der Waals surface area contributed by atoms with Gasteiger partial charge in [-0.3, -0.25) is 4.68 Å². The van der Waals surface area contributed by atoms with Crippen LogP contribution in [-0.2, 0) is 19.9 Å². The number of aromatic nitrogens is 2. The van der Waals surface area contributed by atoms with E-state index in [-0.39, 0.29) is 0 Å². The molecule has 0 bridgehead atoms. The van der Waals surface area contributed by atoms with Crippen molar-refractivity contribution >= 4 is 27.5 Å². The average molecular weight is 292 g/mol. The van der Waals surface area contributed by atoms with Gasteiger partial charge in [-0.05, 0) is 12.8 Å². The van der Waals surface area contributed by atoms with Gasteiger partial charge in [-0.15, -0.1) is 0 Å². The van der Waals surface area contributed by atoms with Gasteiger partial charge in [0.15, 0.2) is 0 Å². The third-order valence-corrected chi connectivity index (χ3v) is 3.15. The molecule has 0 spiro atoms. The van der Waals surface area contributed by atoms with Gasteiger partial charge in [-0.1, -0.05) is 46.6 Å². The maximum absolute atomic E-state index is 6.22. The molecule has 0 amide bonds. The molecular weight excluding hydrogens is 275 g/mol. The van der Waals surface area contributed by atoms with E-state index >= 15 is 0 Å². The topological polar surface area (TPSA) is 17.8 Å². The lowest BCUT2D eigenvalue weighted by Crippen LogP contribution is -1.97. The molecule has 0 unspecified atom stereocenters. The minimum Gasteiger partial charge on any atom is -0.271 e. The Hall–Kier alpha value is -0.280. The van der Waals surface area contributed by atoms with Crippen LogP contribution in [0.15, 0.2) is 12.2 Å². The molecule has 1 aromatic rings. The fraction of sp³-hybridized carbons (Fsp3) is 0.545. The molecule has 15 heavy (non-hydrogen) atoms. The molecule has 1 rings (SSSR count). The monoisotopic (exact) mass is 290 g/mol. The van der Waals surface area contributed by atoms with Crippen LogP contribution in [0.2, 0.25) is 5.02 Å². The van der Waals surface area contributed by atoms with E-state index in [0.717, 1.165) is 41.0 Å². The van der Waals surface area contributed by atoms with Gasteiger partial charge < -0.3 is 0 Å². The maximum Gasteiger partial charge on any atom is 0.0852 e. The summed E-state index contributed by atoms with van der Waals surface area (Å²) < 4.78 is 1.87. The second-order valence-electron chi connectivity index (χ2n) is 3.34. The first-order valence-electron chi connectivity index (χ1n) is 5.11. The Morgan fingerprint density at radius 3 is 2.73 bits per heavy atom. The van der Waals surface area contributed by atoms with Crippen molar-refractivity contribution in [2.75, 3.05) is 5.33 Å². The number of alkyl halides is 1. The predicted octanol–water partition coefficient (Wildman–Crippen LogP) is 3.52. The average Bonchev–Trinajstić information content (AvgIpc) is 2.50. The van der Waals surface area contributed by atoms with Crippen molar-refractivity contribution in [3.05, 3.63) is 28.6 Å². The lowest BCUT2D eigenvalue weighted by molar-refractivity contribution is 0.712. The molecule has 0 atom stereocenters. The molecular formula is C11H16BrClN2. The highest BCUT2D eigenvalue weighted by atomic mass is 79.9. The molecule has 0 radical (unpaired) electrons. The summed E-state index contributed by atoms with van der Waals surface area (Å²) in [7, 11) is 1.94. The van der Waals surface area contributed by atoms with Crippen LogP contribution in [-0.4, -0.2) is 15.1 Å². The zero-order valence-corrected chi connectivity index (χ0v) is 11.5. The fourth-order valence-corrected chi connectivity index (χ4v) is 2.05. The van der Waals surface area contributed by atoms with E-state index in [0.29, 0.717) is 0 Å². The smallest absolute Gasteiger partial charge is 0.0852 e. The molecule has 0 aliphatic rings. The van der Waals surface area contributed by atoms with Gasteiger partial charge >= 0.3 is 0 Å². The highest BCUT2D eigenvalue weighted by molar-refractivity contribution is 9.09. The zero-order chi connectivity index (χ0) is 11.3. The number of nitrogens with zero attached hydrogens (tertiary/aromatic N) is 2. The van der Waals surface area contributed by atoms with Crippen LogP contribution in [0.1, 0.15) is 24.7 Å². The first-order valence-corrected chi connectivity index (χ1v) is 6.61. The molecule has 4 heteroatoms. The number of halogens is 2. The van der Waals surface area contributed by atoms with Gasteiger partial charge in [0.2, 0.25) is 0 Å². The zero-order valence-electron chi connectivity index (χ0n) is 9.13. The summed E-state index contributed by atoms with van der Waals surface area (Å²) in [6, 6.07) is 0. The van der Waals surface area contributed by atoms with Crippen molar-refractivity contribution in [3.8, 4) is 0 Å². The molecule has 1 heterocycles. The molecule has 0 aliphatic carbocycles. The predicted molar refractivity (Wildman–Crippen MR) is 68.9 cm³/mol. The molecule has 0 aliphatic heterocycles. The van der Waals surface area contributed by atoms with Gasteiger partial charge in [0, 0.05) is 18.8 Å². The number of allylic oxidation sites excluding steroid dienone is 2. The Labute approximate surface area is 104 Å². The fourth-order valence-electron chi connectivity index (χ4n) is 1.42. The van der Waals surface area contributed by atoms with Crippen molar-refractivity contribution in [1.82, 2.24) is 9.78 Å². The number of aryl methyl sites for hydroxylation is 2. The third-order valence-electron chi connectivity index (χ3n) is 2.26. The standard InChI is InChI=1S/C11H16BrClN2/c1-3-9-11(13)10(15(2)14-9)7-5-4-6-8-12/h4-5H,3,6-8H2,1-2H3. The molecule has 84 valence electrons. The molecule has 0 saturated carbocycles. The maximum atomic E-state index is 6.22. The molecule has 1 aromatic heterocycles. The summed E-state index contributed by atoms with van der Waals surface area (Å²) in [4.78, 5) is 0. The Balaban J connectivity index is 2.72. The summed E-state index contributed by atoms with van der Waals surface area (Å²) in [5.41, 5.74) is 2.09. The minimum atomic E-state index is 0.823. The van der Waals surface area contributed by atoms with E-state index in [1.165, 1.54) is 0 Å². The van der Waals surface area contributed by atoms with Crippen LogP contribution in [0, 0.1) is 0 Å². The van der Waals surface area contributed by atoms with E-state index < -0.39 is 0 Å². The normalized spacial score (nSPS) is 11.5. The summed E-state index contributed by atoms with van der Waals surface area (Å²) in [5.74, 6) is 0. The Morgan fingerprint density at radius 1 is 1.47 bits per heavy atom. The number of rotatable bonds is 5. The summed E-state index contributed by atoms with van der Waals surface area (Å²) in [6.45, 7) is 2.07. The molecule has 0 N–H and O–H groups in total. The quantitative estimate of drug-likeness (QED) is 0.599. The Bertz CT molecular complexity index is 345. The highest BCUT2D eigenvalue weighted by Gasteiger charge is 2.10. The van der Waals surface area contributed by atoms with Crippen molar-refractivity contribution in [2.45, 2.75) is 26.2 Å². The van der Waals surface area contributed by atoms with Crippen LogP contribution in [0.3, 0.4) is 0 Å². The lowest BCUT2D eigenvalue weighted by atomic mass is 10.2. The van der Waals surface area contributed by atoms with Crippen LogP contribution < -0.4 is 0 Å². The summed E-state index contributed by atoms with van der Waals surface area (Å²) in [6.07, 6.45) is 7.09. The minimum absolute atomic E-state index is 0.823. The number of hydrogen-bond donors (Lipinski definition) is 0. The van der Waals surface area contributed by atoms with E-state index in [1.54, 1.807) is 0 Å². The lowest BCUT2D eigenvalue weighted by Gasteiger charge is -1.97. The van der Waals surface area contributed by atoms with E-state index in [2.05, 4.69) is 40.1 Å². The van der Waals surface area contributed by atoms with Gasteiger partial charge in [-0.25, -0.2) is 0 Å². The van der Waals surface area contributed by atoms with Crippen molar-refractivity contribution in [2.24, 2.45) is 7.05 Å². The first-order chi connectivity index (χ1) is 7.20. The molecule has 0 fully saturated rings.